The van der Waals surface area contributed by atoms with E-state index in [-0.39, 0.29) is 23.7 Å². The van der Waals surface area contributed by atoms with Crippen LogP contribution in [0.15, 0.2) is 34.9 Å². The topological polar surface area (TPSA) is 68.2 Å². The molecule has 1 aliphatic heterocycles. The fourth-order valence-electron chi connectivity index (χ4n) is 4.17. The van der Waals surface area contributed by atoms with E-state index >= 15 is 0 Å². The molecule has 0 bridgehead atoms. The van der Waals surface area contributed by atoms with E-state index in [0.717, 1.165) is 12.8 Å². The zero-order chi connectivity index (χ0) is 19.3. The summed E-state index contributed by atoms with van der Waals surface area (Å²) in [5, 5.41) is 8.42. The van der Waals surface area contributed by atoms with Gasteiger partial charge in [0.1, 0.15) is 16.5 Å². The molecule has 2 aromatic heterocycles. The summed E-state index contributed by atoms with van der Waals surface area (Å²) in [6, 6.07) is 7.99. The molecule has 144 valence electrons. The minimum absolute atomic E-state index is 0.0303. The first-order valence-corrected chi connectivity index (χ1v) is 10.7. The molecule has 1 aliphatic carbocycles. The normalized spacial score (nSPS) is 23.9. The second kappa shape index (κ2) is 7.04. The number of thiazole rings is 1. The van der Waals surface area contributed by atoms with E-state index in [2.05, 4.69) is 31.1 Å². The van der Waals surface area contributed by atoms with Crippen molar-refractivity contribution in [3.05, 3.63) is 45.8 Å². The predicted octanol–water partition coefficient (Wildman–Crippen LogP) is 3.92. The van der Waals surface area contributed by atoms with Crippen LogP contribution in [-0.4, -0.2) is 45.2 Å². The van der Waals surface area contributed by atoms with Crippen molar-refractivity contribution in [3.63, 3.8) is 0 Å². The summed E-state index contributed by atoms with van der Waals surface area (Å²) in [4.78, 5) is 19.2. The molecular formula is C19H16BrFN4O2S. The first-order valence-electron chi connectivity index (χ1n) is 9.08. The van der Waals surface area contributed by atoms with Gasteiger partial charge in [-0.3, -0.25) is 4.79 Å². The van der Waals surface area contributed by atoms with E-state index in [1.165, 1.54) is 23.5 Å². The van der Waals surface area contributed by atoms with Gasteiger partial charge in [0.05, 0.1) is 10.2 Å². The molecule has 0 N–H and O–H groups in total. The van der Waals surface area contributed by atoms with E-state index in [0.29, 0.717) is 44.7 Å². The molecule has 1 saturated carbocycles. The third kappa shape index (κ3) is 3.26. The third-order valence-corrected chi connectivity index (χ3v) is 6.92. The quantitative estimate of drug-likeness (QED) is 0.589. The lowest BCUT2D eigenvalue weighted by molar-refractivity contribution is 0.0760. The SMILES string of the molecule is O=C(c1nc2ccc(F)cc2s1)N1C[C@@H]2CC[C@@H](Oc3ccc(Br)nn3)[C@@H]2C1. The summed E-state index contributed by atoms with van der Waals surface area (Å²) in [5.41, 5.74) is 0.657. The highest BCUT2D eigenvalue weighted by Gasteiger charge is 2.45. The number of hydrogen-bond acceptors (Lipinski definition) is 6. The maximum absolute atomic E-state index is 13.4. The average Bonchev–Trinajstić information content (AvgIpc) is 3.38. The number of nitrogens with zero attached hydrogens (tertiary/aromatic N) is 4. The van der Waals surface area contributed by atoms with E-state index in [4.69, 9.17) is 4.74 Å². The van der Waals surface area contributed by atoms with Gasteiger partial charge < -0.3 is 9.64 Å². The first kappa shape index (κ1) is 17.9. The summed E-state index contributed by atoms with van der Waals surface area (Å²) < 4.78 is 20.8. The summed E-state index contributed by atoms with van der Waals surface area (Å²) in [6.07, 6.45) is 2.01. The molecule has 1 amide bonds. The van der Waals surface area contributed by atoms with Gasteiger partial charge in [0, 0.05) is 25.1 Å². The van der Waals surface area contributed by atoms with Crippen LogP contribution in [0, 0.1) is 17.7 Å². The zero-order valence-electron chi connectivity index (χ0n) is 14.7. The lowest BCUT2D eigenvalue weighted by Crippen LogP contribution is -2.32. The summed E-state index contributed by atoms with van der Waals surface area (Å²) in [6.45, 7) is 1.35. The second-order valence-electron chi connectivity index (χ2n) is 7.19. The molecule has 1 aromatic carbocycles. The number of carbonyl (C=O) groups is 1. The molecule has 0 unspecified atom stereocenters. The summed E-state index contributed by atoms with van der Waals surface area (Å²) in [5.74, 6) is 0.803. The maximum atomic E-state index is 13.4. The monoisotopic (exact) mass is 462 g/mol. The van der Waals surface area contributed by atoms with Gasteiger partial charge in [-0.2, -0.15) is 0 Å². The highest BCUT2D eigenvalue weighted by molar-refractivity contribution is 9.10. The highest BCUT2D eigenvalue weighted by Crippen LogP contribution is 2.40. The fraction of sp³-hybridized carbons (Fsp3) is 0.368. The van der Waals surface area contributed by atoms with E-state index < -0.39 is 0 Å². The van der Waals surface area contributed by atoms with Crippen molar-refractivity contribution in [1.29, 1.82) is 0 Å². The Labute approximate surface area is 172 Å². The molecule has 3 atom stereocenters. The van der Waals surface area contributed by atoms with Crippen molar-refractivity contribution in [2.45, 2.75) is 18.9 Å². The smallest absolute Gasteiger partial charge is 0.282 e. The standard InChI is InChI=1S/C19H16BrFN4O2S/c20-16-5-6-17(24-23-16)27-14-4-1-10-8-25(9-12(10)14)19(26)18-22-13-3-2-11(21)7-15(13)28-18/h2-3,5-7,10,12,14H,1,4,8-9H2/t10-,12+,14+/m0/s1. The highest BCUT2D eigenvalue weighted by atomic mass is 79.9. The van der Waals surface area contributed by atoms with Gasteiger partial charge in [-0.05, 0) is 59.0 Å². The van der Waals surface area contributed by atoms with Crippen LogP contribution in [0.1, 0.15) is 22.6 Å². The van der Waals surface area contributed by atoms with Crippen molar-refractivity contribution in [3.8, 4) is 5.88 Å². The van der Waals surface area contributed by atoms with E-state index in [1.807, 2.05) is 4.90 Å². The number of benzene rings is 1. The minimum atomic E-state index is -0.318. The van der Waals surface area contributed by atoms with E-state index in [1.54, 1.807) is 18.2 Å². The Morgan fingerprint density at radius 1 is 1.21 bits per heavy atom. The van der Waals surface area contributed by atoms with Gasteiger partial charge in [0.2, 0.25) is 5.88 Å². The van der Waals surface area contributed by atoms with Crippen molar-refractivity contribution >= 4 is 43.4 Å². The van der Waals surface area contributed by atoms with Gasteiger partial charge in [-0.25, -0.2) is 9.37 Å². The predicted molar refractivity (Wildman–Crippen MR) is 106 cm³/mol. The molecule has 2 fully saturated rings. The molecule has 9 heteroatoms. The molecule has 28 heavy (non-hydrogen) atoms. The van der Waals surface area contributed by atoms with Crippen LogP contribution in [0.25, 0.3) is 10.2 Å². The Hall–Kier alpha value is -2.13. The zero-order valence-corrected chi connectivity index (χ0v) is 17.1. The molecule has 1 saturated heterocycles. The van der Waals surface area contributed by atoms with Crippen LogP contribution in [0.5, 0.6) is 5.88 Å². The molecule has 3 aromatic rings. The summed E-state index contributed by atoms with van der Waals surface area (Å²) >= 11 is 4.51. The Morgan fingerprint density at radius 2 is 2.11 bits per heavy atom. The van der Waals surface area contributed by atoms with Crippen LogP contribution < -0.4 is 4.74 Å². The Morgan fingerprint density at radius 3 is 2.93 bits per heavy atom. The number of hydrogen-bond donors (Lipinski definition) is 0. The van der Waals surface area contributed by atoms with Gasteiger partial charge >= 0.3 is 0 Å². The largest absolute Gasteiger partial charge is 0.473 e. The number of ether oxygens (including phenoxy) is 1. The number of halogens is 2. The second-order valence-corrected chi connectivity index (χ2v) is 9.04. The maximum Gasteiger partial charge on any atom is 0.282 e. The number of fused-ring (bicyclic) bond motifs is 2. The number of amides is 1. The van der Waals surface area contributed by atoms with Gasteiger partial charge in [-0.15, -0.1) is 21.5 Å². The van der Waals surface area contributed by atoms with Gasteiger partial charge in [0.25, 0.3) is 5.91 Å². The molecule has 0 radical (unpaired) electrons. The molecular weight excluding hydrogens is 447 g/mol. The molecule has 5 rings (SSSR count). The van der Waals surface area contributed by atoms with Gasteiger partial charge in [-0.1, -0.05) is 0 Å². The Kier molecular flexibility index (Phi) is 4.51. The first-order chi connectivity index (χ1) is 13.6. The number of aromatic nitrogens is 3. The van der Waals surface area contributed by atoms with Crippen molar-refractivity contribution in [2.75, 3.05) is 13.1 Å². The lowest BCUT2D eigenvalue weighted by Gasteiger charge is -2.20. The van der Waals surface area contributed by atoms with Crippen molar-refractivity contribution in [2.24, 2.45) is 11.8 Å². The Bertz CT molecular complexity index is 1040. The lowest BCUT2D eigenvalue weighted by atomic mass is 9.99. The Balaban J connectivity index is 1.30. The minimum Gasteiger partial charge on any atom is -0.473 e. The van der Waals surface area contributed by atoms with Crippen LogP contribution in [0.3, 0.4) is 0 Å². The van der Waals surface area contributed by atoms with Crippen LogP contribution >= 0.6 is 27.3 Å². The van der Waals surface area contributed by atoms with Crippen molar-refractivity contribution in [1.82, 2.24) is 20.1 Å². The third-order valence-electron chi connectivity index (χ3n) is 5.49. The van der Waals surface area contributed by atoms with Gasteiger partial charge in [0.15, 0.2) is 5.01 Å². The molecule has 0 spiro atoms. The molecule has 3 heterocycles. The van der Waals surface area contributed by atoms with E-state index in [9.17, 15) is 9.18 Å². The number of carbonyl (C=O) groups excluding carboxylic acids is 1. The van der Waals surface area contributed by atoms with Crippen LogP contribution in [-0.2, 0) is 0 Å². The van der Waals surface area contributed by atoms with Crippen molar-refractivity contribution < 1.29 is 13.9 Å². The molecule has 6 nitrogen and oxygen atoms in total. The van der Waals surface area contributed by atoms with Crippen LogP contribution in [0.4, 0.5) is 4.39 Å². The van der Waals surface area contributed by atoms with Crippen LogP contribution in [0.2, 0.25) is 0 Å². The molecule has 2 aliphatic rings. The summed E-state index contributed by atoms with van der Waals surface area (Å²) in [7, 11) is 0. The fourth-order valence-corrected chi connectivity index (χ4v) is 5.34. The number of rotatable bonds is 3. The number of likely N-dealkylation sites (tertiary alicyclic amines) is 1. The average molecular weight is 463 g/mol.